The number of hydrogen-bond donors (Lipinski definition) is 0. The van der Waals surface area contributed by atoms with Crippen LogP contribution in [0, 0.1) is 0 Å². The average Bonchev–Trinajstić information content (AvgIpc) is 1.69. The highest BCUT2D eigenvalue weighted by atomic mass is 79.9. The van der Waals surface area contributed by atoms with Gasteiger partial charge in [0, 0.05) is 0 Å². The Morgan fingerprint density at radius 1 is 1.43 bits per heavy atom. The summed E-state index contributed by atoms with van der Waals surface area (Å²) < 4.78 is 4.66. The maximum atomic E-state index is 4.66. The van der Waals surface area contributed by atoms with Gasteiger partial charge in [-0.15, -0.1) is 0 Å². The van der Waals surface area contributed by atoms with Gasteiger partial charge in [-0.25, -0.2) is 0 Å². The molecule has 0 aliphatic rings. The Hall–Kier alpha value is 0.440. The summed E-state index contributed by atoms with van der Waals surface area (Å²) in [6, 6.07) is 0. The van der Waals surface area contributed by atoms with Crippen LogP contribution in [0.1, 0.15) is 26.2 Å². The summed E-state index contributed by atoms with van der Waals surface area (Å²) in [6.07, 6.45) is 3.70. The maximum absolute atomic E-state index is 4.66. The van der Waals surface area contributed by atoms with Crippen LogP contribution in [0.5, 0.6) is 0 Å². The summed E-state index contributed by atoms with van der Waals surface area (Å²) in [5.74, 6) is 0. The van der Waals surface area contributed by atoms with Crippen molar-refractivity contribution in [2.75, 3.05) is 6.61 Å². The monoisotopic (exact) mass is 166 g/mol. The zero-order chi connectivity index (χ0) is 5.54. The van der Waals surface area contributed by atoms with Crippen LogP contribution in [0.15, 0.2) is 0 Å². The molecule has 0 aromatic heterocycles. The van der Waals surface area contributed by atoms with Crippen molar-refractivity contribution in [3.63, 3.8) is 0 Å². The quantitative estimate of drug-likeness (QED) is 0.584. The minimum Gasteiger partial charge on any atom is -0.308 e. The Labute approximate surface area is 53.5 Å². The van der Waals surface area contributed by atoms with E-state index in [9.17, 15) is 0 Å². The maximum Gasteiger partial charge on any atom is 0.0987 e. The Morgan fingerprint density at radius 2 is 2.14 bits per heavy atom. The molecule has 0 N–H and O–H groups in total. The summed E-state index contributed by atoms with van der Waals surface area (Å²) in [5, 5.41) is 0. The SMILES string of the molecule is CCCCCOBr. The van der Waals surface area contributed by atoms with Gasteiger partial charge in [-0.1, -0.05) is 19.8 Å². The predicted molar refractivity (Wildman–Crippen MR) is 34.4 cm³/mol. The van der Waals surface area contributed by atoms with Gasteiger partial charge in [-0.2, -0.15) is 0 Å². The van der Waals surface area contributed by atoms with E-state index in [0.717, 1.165) is 6.61 Å². The van der Waals surface area contributed by atoms with Crippen molar-refractivity contribution in [3.05, 3.63) is 0 Å². The molecule has 0 fully saturated rings. The summed E-state index contributed by atoms with van der Waals surface area (Å²) >= 11 is 2.88. The molecule has 0 spiro atoms. The Bertz CT molecular complexity index is 27.3. The molecule has 0 bridgehead atoms. The molecule has 1 nitrogen and oxygen atoms in total. The van der Waals surface area contributed by atoms with Gasteiger partial charge in [0.15, 0.2) is 0 Å². The third-order valence-corrected chi connectivity index (χ3v) is 1.15. The first-order valence-electron chi connectivity index (χ1n) is 2.65. The van der Waals surface area contributed by atoms with E-state index in [0.29, 0.717) is 0 Å². The molecule has 0 aromatic rings. The predicted octanol–water partition coefficient (Wildman–Crippen LogP) is 2.50. The fraction of sp³-hybridized carbons (Fsp3) is 1.00. The van der Waals surface area contributed by atoms with E-state index in [1.165, 1.54) is 19.3 Å². The molecule has 0 saturated heterocycles. The van der Waals surface area contributed by atoms with Gasteiger partial charge in [0.1, 0.15) is 0 Å². The molecule has 0 aliphatic heterocycles. The fourth-order valence-corrected chi connectivity index (χ4v) is 0.636. The zero-order valence-corrected chi connectivity index (χ0v) is 6.20. The van der Waals surface area contributed by atoms with Crippen LogP contribution >= 0.6 is 16.3 Å². The molecule has 0 atom stereocenters. The Morgan fingerprint density at radius 3 is 2.57 bits per heavy atom. The standard InChI is InChI=1S/C5H11BrO/c1-2-3-4-5-7-6/h2-5H2,1H3. The van der Waals surface area contributed by atoms with Crippen molar-refractivity contribution in [1.29, 1.82) is 0 Å². The summed E-state index contributed by atoms with van der Waals surface area (Å²) in [5.41, 5.74) is 0. The van der Waals surface area contributed by atoms with Crippen molar-refractivity contribution in [1.82, 2.24) is 0 Å². The minimum absolute atomic E-state index is 0.841. The van der Waals surface area contributed by atoms with Gasteiger partial charge in [0.25, 0.3) is 0 Å². The van der Waals surface area contributed by atoms with E-state index in [2.05, 4.69) is 27.0 Å². The highest BCUT2D eigenvalue weighted by Gasteiger charge is 1.81. The van der Waals surface area contributed by atoms with Gasteiger partial charge < -0.3 is 3.83 Å². The molecule has 0 unspecified atom stereocenters. The van der Waals surface area contributed by atoms with E-state index in [-0.39, 0.29) is 0 Å². The lowest BCUT2D eigenvalue weighted by Gasteiger charge is -1.90. The van der Waals surface area contributed by atoms with Crippen LogP contribution in [0.3, 0.4) is 0 Å². The second-order valence-electron chi connectivity index (χ2n) is 1.52. The van der Waals surface area contributed by atoms with Crippen LogP contribution in [0.2, 0.25) is 0 Å². The van der Waals surface area contributed by atoms with E-state index in [1.807, 2.05) is 0 Å². The first-order valence-corrected chi connectivity index (χ1v) is 3.30. The van der Waals surface area contributed by atoms with Gasteiger partial charge in [0.2, 0.25) is 0 Å². The first-order chi connectivity index (χ1) is 3.41. The molecule has 0 radical (unpaired) electrons. The fourth-order valence-electron chi connectivity index (χ4n) is 0.407. The van der Waals surface area contributed by atoms with Crippen molar-refractivity contribution in [3.8, 4) is 0 Å². The molecule has 0 amide bonds. The van der Waals surface area contributed by atoms with Crippen molar-refractivity contribution in [2.45, 2.75) is 26.2 Å². The number of rotatable bonds is 4. The summed E-state index contributed by atoms with van der Waals surface area (Å²) in [4.78, 5) is 0. The molecule has 2 heteroatoms. The van der Waals surface area contributed by atoms with Crippen LogP contribution in [-0.4, -0.2) is 6.61 Å². The normalized spacial score (nSPS) is 9.43. The molecule has 0 rings (SSSR count). The molecule has 0 saturated carbocycles. The lowest BCUT2D eigenvalue weighted by Crippen LogP contribution is -1.81. The van der Waals surface area contributed by atoms with Gasteiger partial charge >= 0.3 is 0 Å². The third-order valence-electron chi connectivity index (χ3n) is 0.825. The highest BCUT2D eigenvalue weighted by molar-refractivity contribution is 9.06. The second-order valence-corrected chi connectivity index (χ2v) is 1.98. The lowest BCUT2D eigenvalue weighted by molar-refractivity contribution is 0.378. The first kappa shape index (κ1) is 7.44. The van der Waals surface area contributed by atoms with E-state index in [4.69, 9.17) is 0 Å². The van der Waals surface area contributed by atoms with Gasteiger partial charge in [-0.05, 0) is 6.42 Å². The van der Waals surface area contributed by atoms with Crippen molar-refractivity contribution in [2.24, 2.45) is 0 Å². The summed E-state index contributed by atoms with van der Waals surface area (Å²) in [7, 11) is 0. The molecule has 0 aromatic carbocycles. The van der Waals surface area contributed by atoms with Crippen LogP contribution in [0.4, 0.5) is 0 Å². The third kappa shape index (κ3) is 6.44. The van der Waals surface area contributed by atoms with Crippen molar-refractivity contribution < 1.29 is 3.83 Å². The summed E-state index contributed by atoms with van der Waals surface area (Å²) in [6.45, 7) is 3.02. The van der Waals surface area contributed by atoms with E-state index < -0.39 is 0 Å². The number of unbranched alkanes of at least 4 members (excludes halogenated alkanes) is 2. The van der Waals surface area contributed by atoms with Crippen LogP contribution in [0.25, 0.3) is 0 Å². The smallest absolute Gasteiger partial charge is 0.0987 e. The topological polar surface area (TPSA) is 9.23 Å². The Kier molecular flexibility index (Phi) is 6.84. The number of halogens is 1. The highest BCUT2D eigenvalue weighted by Crippen LogP contribution is 1.95. The molecule has 44 valence electrons. The van der Waals surface area contributed by atoms with Gasteiger partial charge in [0.05, 0.1) is 22.9 Å². The van der Waals surface area contributed by atoms with Gasteiger partial charge in [-0.3, -0.25) is 0 Å². The molecule has 7 heavy (non-hydrogen) atoms. The average molecular weight is 167 g/mol. The van der Waals surface area contributed by atoms with Crippen molar-refractivity contribution >= 4 is 16.3 Å². The second kappa shape index (κ2) is 6.44. The molecule has 0 aliphatic carbocycles. The zero-order valence-electron chi connectivity index (χ0n) is 4.61. The van der Waals surface area contributed by atoms with E-state index in [1.54, 1.807) is 0 Å². The molecule has 0 heterocycles. The Balaban J connectivity index is 2.45. The van der Waals surface area contributed by atoms with E-state index >= 15 is 0 Å². The largest absolute Gasteiger partial charge is 0.308 e. The molecular weight excluding hydrogens is 156 g/mol. The molecular formula is C5H11BrO. The number of hydrogen-bond acceptors (Lipinski definition) is 1. The lowest BCUT2D eigenvalue weighted by atomic mass is 10.3. The van der Waals surface area contributed by atoms with Crippen LogP contribution < -0.4 is 0 Å². The minimum atomic E-state index is 0.841. The van der Waals surface area contributed by atoms with Crippen LogP contribution in [-0.2, 0) is 3.83 Å².